The third-order valence-corrected chi connectivity index (χ3v) is 3.65. The van der Waals surface area contributed by atoms with Crippen LogP contribution < -0.4 is 10.5 Å². The molecule has 0 aliphatic carbocycles. The summed E-state index contributed by atoms with van der Waals surface area (Å²) in [4.78, 5) is 14.0. The van der Waals surface area contributed by atoms with Crippen LogP contribution in [0.15, 0.2) is 24.3 Å². The van der Waals surface area contributed by atoms with E-state index < -0.39 is 6.10 Å². The van der Waals surface area contributed by atoms with Gasteiger partial charge >= 0.3 is 0 Å². The van der Waals surface area contributed by atoms with Gasteiger partial charge in [0, 0.05) is 19.1 Å². The van der Waals surface area contributed by atoms with E-state index in [4.69, 9.17) is 22.1 Å². The first-order valence-electron chi connectivity index (χ1n) is 6.53. The quantitative estimate of drug-likeness (QED) is 0.931. The second-order valence-electron chi connectivity index (χ2n) is 4.85. The van der Waals surface area contributed by atoms with E-state index in [1.165, 1.54) is 0 Å². The number of likely N-dealkylation sites (tertiary alicyclic amines) is 1. The van der Waals surface area contributed by atoms with Crippen molar-refractivity contribution in [3.8, 4) is 5.75 Å². The van der Waals surface area contributed by atoms with Crippen molar-refractivity contribution in [1.29, 1.82) is 0 Å². The summed E-state index contributed by atoms with van der Waals surface area (Å²) in [6, 6.07) is 7.38. The van der Waals surface area contributed by atoms with Crippen molar-refractivity contribution in [2.45, 2.75) is 31.9 Å². The minimum atomic E-state index is -0.533. The lowest BCUT2D eigenvalue weighted by molar-refractivity contribution is -0.139. The second kappa shape index (κ2) is 7.72. The maximum Gasteiger partial charge on any atom is 0.263 e. The summed E-state index contributed by atoms with van der Waals surface area (Å²) < 4.78 is 5.63. The van der Waals surface area contributed by atoms with Crippen LogP contribution in [0.1, 0.15) is 19.8 Å². The fourth-order valence-electron chi connectivity index (χ4n) is 2.16. The van der Waals surface area contributed by atoms with Crippen molar-refractivity contribution in [3.05, 3.63) is 29.3 Å². The first-order chi connectivity index (χ1) is 9.08. The predicted molar refractivity (Wildman–Crippen MR) is 82.6 cm³/mol. The van der Waals surface area contributed by atoms with Gasteiger partial charge in [-0.1, -0.05) is 23.7 Å². The van der Waals surface area contributed by atoms with Crippen LogP contribution >= 0.6 is 24.0 Å². The summed E-state index contributed by atoms with van der Waals surface area (Å²) in [5.74, 6) is 0.533. The molecule has 1 fully saturated rings. The van der Waals surface area contributed by atoms with Gasteiger partial charge in [-0.2, -0.15) is 0 Å². The Labute approximate surface area is 130 Å². The molecule has 1 aromatic rings. The van der Waals surface area contributed by atoms with E-state index in [0.717, 1.165) is 12.8 Å². The van der Waals surface area contributed by atoms with Gasteiger partial charge in [0.2, 0.25) is 0 Å². The highest BCUT2D eigenvalue weighted by atomic mass is 35.5. The minimum Gasteiger partial charge on any atom is -0.479 e. The van der Waals surface area contributed by atoms with E-state index in [9.17, 15) is 4.79 Å². The fraction of sp³-hybridized carbons (Fsp3) is 0.500. The molecule has 1 aromatic carbocycles. The Morgan fingerprint density at radius 3 is 2.60 bits per heavy atom. The summed E-state index contributed by atoms with van der Waals surface area (Å²) in [6.07, 6.45) is 1.17. The molecule has 112 valence electrons. The van der Waals surface area contributed by atoms with Gasteiger partial charge in [0.05, 0.1) is 5.02 Å². The number of benzene rings is 1. The molecule has 0 aromatic heterocycles. The van der Waals surface area contributed by atoms with Gasteiger partial charge in [0.1, 0.15) is 5.75 Å². The number of nitrogens with zero attached hydrogens (tertiary/aromatic N) is 1. The molecule has 1 aliphatic heterocycles. The number of amides is 1. The number of para-hydroxylation sites is 1. The molecule has 2 N–H and O–H groups in total. The lowest BCUT2D eigenvalue weighted by Crippen LogP contribution is -2.47. The highest BCUT2D eigenvalue weighted by Crippen LogP contribution is 2.24. The largest absolute Gasteiger partial charge is 0.479 e. The normalized spacial score (nSPS) is 17.2. The Morgan fingerprint density at radius 2 is 2.00 bits per heavy atom. The van der Waals surface area contributed by atoms with E-state index in [0.29, 0.717) is 23.9 Å². The smallest absolute Gasteiger partial charge is 0.263 e. The molecule has 1 aliphatic rings. The summed E-state index contributed by atoms with van der Waals surface area (Å²) in [5.41, 5.74) is 5.83. The molecule has 0 spiro atoms. The van der Waals surface area contributed by atoms with Crippen LogP contribution in [0.4, 0.5) is 0 Å². The molecule has 1 unspecified atom stereocenters. The van der Waals surface area contributed by atoms with Crippen molar-refractivity contribution < 1.29 is 9.53 Å². The highest BCUT2D eigenvalue weighted by molar-refractivity contribution is 6.32. The molecular formula is C14H20Cl2N2O2. The molecule has 2 rings (SSSR count). The molecule has 0 bridgehead atoms. The van der Waals surface area contributed by atoms with Crippen LogP contribution in [0, 0.1) is 0 Å². The van der Waals surface area contributed by atoms with E-state index in [2.05, 4.69) is 0 Å². The molecule has 1 atom stereocenters. The van der Waals surface area contributed by atoms with Gasteiger partial charge in [-0.15, -0.1) is 12.4 Å². The van der Waals surface area contributed by atoms with E-state index >= 15 is 0 Å². The van der Waals surface area contributed by atoms with Crippen molar-refractivity contribution in [2.75, 3.05) is 13.1 Å². The molecular weight excluding hydrogens is 299 g/mol. The Bertz CT molecular complexity index is 449. The van der Waals surface area contributed by atoms with Crippen LogP contribution in [-0.2, 0) is 4.79 Å². The SMILES string of the molecule is CC(Oc1ccccc1Cl)C(=O)N1CCC(N)CC1.Cl. The Balaban J connectivity index is 0.00000200. The molecule has 0 saturated carbocycles. The van der Waals surface area contributed by atoms with Crippen LogP contribution in [-0.4, -0.2) is 36.0 Å². The highest BCUT2D eigenvalue weighted by Gasteiger charge is 2.26. The topological polar surface area (TPSA) is 55.6 Å². The Hall–Kier alpha value is -0.970. The Morgan fingerprint density at radius 1 is 1.40 bits per heavy atom. The summed E-state index contributed by atoms with van der Waals surface area (Å²) in [5, 5.41) is 0.516. The zero-order valence-electron chi connectivity index (χ0n) is 11.4. The van der Waals surface area contributed by atoms with E-state index in [1.54, 1.807) is 19.1 Å². The number of halogens is 2. The molecule has 4 nitrogen and oxygen atoms in total. The first kappa shape index (κ1) is 17.1. The molecule has 1 amide bonds. The number of nitrogens with two attached hydrogens (primary N) is 1. The van der Waals surface area contributed by atoms with Gasteiger partial charge in [0.25, 0.3) is 5.91 Å². The van der Waals surface area contributed by atoms with Gasteiger partial charge in [0.15, 0.2) is 6.10 Å². The van der Waals surface area contributed by atoms with Crippen molar-refractivity contribution in [1.82, 2.24) is 4.90 Å². The molecule has 1 heterocycles. The van der Waals surface area contributed by atoms with Gasteiger partial charge in [-0.25, -0.2) is 0 Å². The monoisotopic (exact) mass is 318 g/mol. The van der Waals surface area contributed by atoms with E-state index in [1.807, 2.05) is 17.0 Å². The average Bonchev–Trinajstić information content (AvgIpc) is 2.41. The molecule has 0 radical (unpaired) electrons. The van der Waals surface area contributed by atoms with Crippen molar-refractivity contribution in [3.63, 3.8) is 0 Å². The standard InChI is InChI=1S/C14H19ClN2O2.ClH/c1-10(19-13-5-3-2-4-12(13)15)14(18)17-8-6-11(16)7-9-17;/h2-5,10-11H,6-9,16H2,1H3;1H. The summed E-state index contributed by atoms with van der Waals surface area (Å²) >= 11 is 6.01. The average molecular weight is 319 g/mol. The number of rotatable bonds is 3. The fourth-order valence-corrected chi connectivity index (χ4v) is 2.34. The molecule has 20 heavy (non-hydrogen) atoms. The van der Waals surface area contributed by atoms with Crippen molar-refractivity contribution >= 4 is 29.9 Å². The number of piperidine rings is 1. The van der Waals surface area contributed by atoms with Crippen LogP contribution in [0.5, 0.6) is 5.75 Å². The number of carbonyl (C=O) groups is 1. The summed E-state index contributed by atoms with van der Waals surface area (Å²) in [6.45, 7) is 3.16. The predicted octanol–water partition coefficient (Wildman–Crippen LogP) is 2.48. The maximum atomic E-state index is 12.2. The maximum absolute atomic E-state index is 12.2. The van der Waals surface area contributed by atoms with Crippen molar-refractivity contribution in [2.24, 2.45) is 5.73 Å². The second-order valence-corrected chi connectivity index (χ2v) is 5.26. The van der Waals surface area contributed by atoms with E-state index in [-0.39, 0.29) is 24.4 Å². The number of hydrogen-bond acceptors (Lipinski definition) is 3. The first-order valence-corrected chi connectivity index (χ1v) is 6.91. The molecule has 1 saturated heterocycles. The number of carbonyl (C=O) groups excluding carboxylic acids is 1. The minimum absolute atomic E-state index is 0. The van der Waals surface area contributed by atoms with Crippen LogP contribution in [0.2, 0.25) is 5.02 Å². The van der Waals surface area contributed by atoms with Crippen LogP contribution in [0.3, 0.4) is 0 Å². The lowest BCUT2D eigenvalue weighted by Gasteiger charge is -2.32. The third kappa shape index (κ3) is 4.27. The zero-order chi connectivity index (χ0) is 13.8. The van der Waals surface area contributed by atoms with Gasteiger partial charge < -0.3 is 15.4 Å². The number of ether oxygens (including phenoxy) is 1. The third-order valence-electron chi connectivity index (χ3n) is 3.34. The zero-order valence-corrected chi connectivity index (χ0v) is 13.0. The van der Waals surface area contributed by atoms with Gasteiger partial charge in [-0.3, -0.25) is 4.79 Å². The Kier molecular flexibility index (Phi) is 6.59. The lowest BCUT2D eigenvalue weighted by atomic mass is 10.1. The van der Waals surface area contributed by atoms with Gasteiger partial charge in [-0.05, 0) is 31.9 Å². The summed E-state index contributed by atoms with van der Waals surface area (Å²) in [7, 11) is 0. The molecule has 6 heteroatoms. The van der Waals surface area contributed by atoms with Crippen LogP contribution in [0.25, 0.3) is 0 Å². The number of hydrogen-bond donors (Lipinski definition) is 1.